The normalized spacial score (nSPS) is 10.7. The van der Waals surface area contributed by atoms with Gasteiger partial charge in [-0.3, -0.25) is 4.79 Å². The third-order valence-electron chi connectivity index (χ3n) is 2.55. The van der Waals surface area contributed by atoms with Crippen LogP contribution in [0.1, 0.15) is 37.2 Å². The molecule has 5 heteroatoms. The third kappa shape index (κ3) is 2.68. The molecule has 0 unspecified atom stereocenters. The minimum Gasteiger partial charge on any atom is -0.375 e. The van der Waals surface area contributed by atoms with Gasteiger partial charge in [0.15, 0.2) is 5.13 Å². The highest BCUT2D eigenvalue weighted by molar-refractivity contribution is 7.13. The van der Waals surface area contributed by atoms with Gasteiger partial charge in [0.2, 0.25) is 0 Å². The topological polar surface area (TPSA) is 59.2 Å². The minimum atomic E-state index is -0.0448. The van der Waals surface area contributed by atoms with Crippen molar-refractivity contribution >= 4 is 22.4 Å². The van der Waals surface area contributed by atoms with E-state index >= 15 is 0 Å². The molecule has 1 aromatic heterocycles. The predicted octanol–water partition coefficient (Wildman–Crippen LogP) is 1.99. The van der Waals surface area contributed by atoms with Gasteiger partial charge in [-0.25, -0.2) is 4.98 Å². The Bertz CT molecular complexity index is 333. The highest BCUT2D eigenvalue weighted by Gasteiger charge is 2.20. The Morgan fingerprint density at radius 2 is 2.20 bits per heavy atom. The van der Waals surface area contributed by atoms with Gasteiger partial charge >= 0.3 is 0 Å². The number of nitrogens with zero attached hydrogens (tertiary/aromatic N) is 2. The second-order valence-electron chi connectivity index (χ2n) is 3.46. The number of hydrogen-bond acceptors (Lipinski definition) is 4. The van der Waals surface area contributed by atoms with Crippen molar-refractivity contribution in [3.63, 3.8) is 0 Å². The quantitative estimate of drug-likeness (QED) is 0.855. The van der Waals surface area contributed by atoms with E-state index in [-0.39, 0.29) is 11.9 Å². The molecular formula is C10H17N3OS. The molecule has 0 spiro atoms. The molecule has 4 nitrogen and oxygen atoms in total. The van der Waals surface area contributed by atoms with Crippen molar-refractivity contribution in [1.82, 2.24) is 9.88 Å². The van der Waals surface area contributed by atoms with Gasteiger partial charge in [0.25, 0.3) is 5.91 Å². The molecule has 0 aliphatic rings. The molecule has 84 valence electrons. The first-order valence-electron chi connectivity index (χ1n) is 5.08. The summed E-state index contributed by atoms with van der Waals surface area (Å²) in [6.07, 6.45) is 1.91. The van der Waals surface area contributed by atoms with Crippen molar-refractivity contribution in [3.8, 4) is 0 Å². The number of amides is 1. The number of carbonyl (C=O) groups excluding carboxylic acids is 1. The van der Waals surface area contributed by atoms with Crippen LogP contribution < -0.4 is 5.73 Å². The molecule has 0 saturated carbocycles. The van der Waals surface area contributed by atoms with E-state index in [1.165, 1.54) is 11.3 Å². The number of carbonyl (C=O) groups is 1. The Morgan fingerprint density at radius 3 is 2.60 bits per heavy atom. The second kappa shape index (κ2) is 5.11. The van der Waals surface area contributed by atoms with Crippen LogP contribution in [0.15, 0.2) is 5.38 Å². The lowest BCUT2D eigenvalue weighted by atomic mass is 10.1. The summed E-state index contributed by atoms with van der Waals surface area (Å²) in [6, 6.07) is 0.278. The Labute approximate surface area is 94.1 Å². The Morgan fingerprint density at radius 1 is 1.60 bits per heavy atom. The first-order chi connectivity index (χ1) is 7.10. The summed E-state index contributed by atoms with van der Waals surface area (Å²) in [7, 11) is 1.82. The molecule has 0 bridgehead atoms. The van der Waals surface area contributed by atoms with Gasteiger partial charge in [0.1, 0.15) is 5.69 Å². The van der Waals surface area contributed by atoms with Crippen LogP contribution in [0.5, 0.6) is 0 Å². The number of thiazole rings is 1. The van der Waals surface area contributed by atoms with Crippen LogP contribution in [0, 0.1) is 0 Å². The Hall–Kier alpha value is -1.10. The molecule has 0 aliphatic carbocycles. The van der Waals surface area contributed by atoms with Crippen molar-refractivity contribution in [2.75, 3.05) is 12.8 Å². The summed E-state index contributed by atoms with van der Waals surface area (Å²) in [5.41, 5.74) is 5.95. The van der Waals surface area contributed by atoms with Crippen molar-refractivity contribution in [2.45, 2.75) is 32.7 Å². The molecular weight excluding hydrogens is 210 g/mol. The maximum Gasteiger partial charge on any atom is 0.273 e. The molecule has 1 aromatic rings. The van der Waals surface area contributed by atoms with Gasteiger partial charge in [-0.2, -0.15) is 0 Å². The molecule has 1 amide bonds. The molecule has 0 aromatic carbocycles. The van der Waals surface area contributed by atoms with Gasteiger partial charge < -0.3 is 10.6 Å². The largest absolute Gasteiger partial charge is 0.375 e. The number of nitrogens with two attached hydrogens (primary N) is 1. The fourth-order valence-electron chi connectivity index (χ4n) is 1.57. The van der Waals surface area contributed by atoms with E-state index in [0.29, 0.717) is 10.8 Å². The van der Waals surface area contributed by atoms with Crippen LogP contribution in [-0.2, 0) is 0 Å². The maximum atomic E-state index is 11.9. The fourth-order valence-corrected chi connectivity index (χ4v) is 2.11. The first kappa shape index (κ1) is 12.0. The van der Waals surface area contributed by atoms with Gasteiger partial charge in [-0.15, -0.1) is 11.3 Å². The van der Waals surface area contributed by atoms with Gasteiger partial charge in [0.05, 0.1) is 0 Å². The Kier molecular flexibility index (Phi) is 4.08. The highest BCUT2D eigenvalue weighted by Crippen LogP contribution is 2.15. The number of rotatable bonds is 4. The molecule has 1 heterocycles. The van der Waals surface area contributed by atoms with E-state index in [9.17, 15) is 4.79 Å². The van der Waals surface area contributed by atoms with Crippen LogP contribution in [0.25, 0.3) is 0 Å². The third-order valence-corrected chi connectivity index (χ3v) is 3.23. The first-order valence-corrected chi connectivity index (χ1v) is 5.96. The minimum absolute atomic E-state index is 0.0448. The monoisotopic (exact) mass is 227 g/mol. The standard InChI is InChI=1S/C10H17N3OS/c1-4-7(5-2)13(3)9(14)8-6-15-10(11)12-8/h6-7H,4-5H2,1-3H3,(H2,11,12). The second-order valence-corrected chi connectivity index (χ2v) is 4.35. The number of anilines is 1. The summed E-state index contributed by atoms with van der Waals surface area (Å²) in [5.74, 6) is -0.0448. The zero-order chi connectivity index (χ0) is 11.4. The van der Waals surface area contributed by atoms with Gasteiger partial charge in [-0.05, 0) is 12.8 Å². The maximum absolute atomic E-state index is 11.9. The van der Waals surface area contributed by atoms with Crippen molar-refractivity contribution in [3.05, 3.63) is 11.1 Å². The van der Waals surface area contributed by atoms with E-state index in [4.69, 9.17) is 5.73 Å². The molecule has 1 rings (SSSR count). The molecule has 0 saturated heterocycles. The van der Waals surface area contributed by atoms with Crippen LogP contribution in [-0.4, -0.2) is 28.9 Å². The summed E-state index contributed by atoms with van der Waals surface area (Å²) in [5, 5.41) is 2.15. The smallest absolute Gasteiger partial charge is 0.273 e. The lowest BCUT2D eigenvalue weighted by Gasteiger charge is -2.25. The number of hydrogen-bond donors (Lipinski definition) is 1. The predicted molar refractivity (Wildman–Crippen MR) is 63.0 cm³/mol. The zero-order valence-electron chi connectivity index (χ0n) is 9.36. The zero-order valence-corrected chi connectivity index (χ0v) is 10.2. The average molecular weight is 227 g/mol. The van der Waals surface area contributed by atoms with E-state index in [0.717, 1.165) is 12.8 Å². The number of aromatic nitrogens is 1. The highest BCUT2D eigenvalue weighted by atomic mass is 32.1. The summed E-state index contributed by atoms with van der Waals surface area (Å²) in [6.45, 7) is 4.15. The SMILES string of the molecule is CCC(CC)N(C)C(=O)c1csc(N)n1. The van der Waals surface area contributed by atoms with Crippen molar-refractivity contribution < 1.29 is 4.79 Å². The molecule has 0 aliphatic heterocycles. The van der Waals surface area contributed by atoms with E-state index in [1.807, 2.05) is 7.05 Å². The molecule has 0 radical (unpaired) electrons. The molecule has 0 fully saturated rings. The lowest BCUT2D eigenvalue weighted by Crippen LogP contribution is -2.36. The van der Waals surface area contributed by atoms with Crippen LogP contribution in [0.2, 0.25) is 0 Å². The van der Waals surface area contributed by atoms with Crippen molar-refractivity contribution in [2.24, 2.45) is 0 Å². The van der Waals surface area contributed by atoms with Gasteiger partial charge in [0, 0.05) is 18.5 Å². The average Bonchev–Trinajstić information content (AvgIpc) is 2.65. The van der Waals surface area contributed by atoms with E-state index in [1.54, 1.807) is 10.3 Å². The van der Waals surface area contributed by atoms with Crippen molar-refractivity contribution in [1.29, 1.82) is 0 Å². The van der Waals surface area contributed by atoms with Crippen LogP contribution in [0.3, 0.4) is 0 Å². The van der Waals surface area contributed by atoms with Crippen LogP contribution in [0.4, 0.5) is 5.13 Å². The van der Waals surface area contributed by atoms with Crippen LogP contribution >= 0.6 is 11.3 Å². The summed E-state index contributed by atoms with van der Waals surface area (Å²) < 4.78 is 0. The molecule has 0 atom stereocenters. The summed E-state index contributed by atoms with van der Waals surface area (Å²) in [4.78, 5) is 17.7. The van der Waals surface area contributed by atoms with E-state index in [2.05, 4.69) is 18.8 Å². The number of nitrogen functional groups attached to an aromatic ring is 1. The molecule has 2 N–H and O–H groups in total. The Balaban J connectivity index is 2.76. The fraction of sp³-hybridized carbons (Fsp3) is 0.600. The summed E-state index contributed by atoms with van der Waals surface area (Å²) >= 11 is 1.30. The molecule has 15 heavy (non-hydrogen) atoms. The lowest BCUT2D eigenvalue weighted by molar-refractivity contribution is 0.0718. The van der Waals surface area contributed by atoms with E-state index < -0.39 is 0 Å². The van der Waals surface area contributed by atoms with Gasteiger partial charge in [-0.1, -0.05) is 13.8 Å².